The molecule has 5 nitrogen and oxygen atoms in total. The van der Waals surface area contributed by atoms with E-state index in [1.54, 1.807) is 44.5 Å². The summed E-state index contributed by atoms with van der Waals surface area (Å²) in [5, 5.41) is 10.5. The average Bonchev–Trinajstić information content (AvgIpc) is 3.00. The molecule has 1 aromatic carbocycles. The molecule has 0 spiro atoms. The molecular weight excluding hydrogens is 493 g/mol. The number of aliphatic carboxylic acids is 1. The van der Waals surface area contributed by atoms with Gasteiger partial charge in [0, 0.05) is 32.0 Å². The van der Waals surface area contributed by atoms with Crippen LogP contribution in [0, 0.1) is 22.1 Å². The molecule has 0 saturated heterocycles. The summed E-state index contributed by atoms with van der Waals surface area (Å²) < 4.78 is 35.8. The van der Waals surface area contributed by atoms with Crippen molar-refractivity contribution in [2.45, 2.75) is 45.9 Å². The first-order valence-corrected chi connectivity index (χ1v) is 10.1. The number of carbonyl (C=O) groups is 1. The average molecular weight is 514 g/mol. The van der Waals surface area contributed by atoms with Gasteiger partial charge in [0.2, 0.25) is 0 Å². The first kappa shape index (κ1) is 21.6. The quantitative estimate of drug-likeness (QED) is 0.475. The van der Waals surface area contributed by atoms with Gasteiger partial charge in [-0.25, -0.2) is 18.6 Å². The van der Waals surface area contributed by atoms with Crippen molar-refractivity contribution in [1.29, 1.82) is 0 Å². The van der Waals surface area contributed by atoms with Crippen molar-refractivity contribution in [3.8, 4) is 0 Å². The third-order valence-electron chi connectivity index (χ3n) is 4.40. The molecule has 1 N–H and O–H groups in total. The zero-order chi connectivity index (χ0) is 21.5. The molecule has 8 heteroatoms. The predicted molar refractivity (Wildman–Crippen MR) is 114 cm³/mol. The first-order valence-electron chi connectivity index (χ1n) is 8.98. The first-order chi connectivity index (χ1) is 13.5. The Balaban J connectivity index is 2.09. The number of halogens is 3. The minimum absolute atomic E-state index is 0.107. The monoisotopic (exact) mass is 514 g/mol. The highest BCUT2D eigenvalue weighted by Gasteiger charge is 2.31. The van der Waals surface area contributed by atoms with Crippen LogP contribution < -0.4 is 0 Å². The maximum atomic E-state index is 14.1. The second kappa shape index (κ2) is 7.98. The van der Waals surface area contributed by atoms with E-state index in [2.05, 4.69) is 27.6 Å². The number of benzene rings is 1. The van der Waals surface area contributed by atoms with Crippen molar-refractivity contribution in [3.63, 3.8) is 0 Å². The molecule has 2 aromatic heterocycles. The number of aromatic nitrogens is 2. The Kier molecular flexibility index (Phi) is 5.96. The Morgan fingerprint density at radius 3 is 2.62 bits per heavy atom. The van der Waals surface area contributed by atoms with E-state index in [0.717, 1.165) is 11.5 Å². The number of nitrogens with zero attached hydrogens (tertiary/aromatic N) is 2. The van der Waals surface area contributed by atoms with E-state index in [0.29, 0.717) is 20.5 Å². The molecular formula is C21H21F2IN2O3. The van der Waals surface area contributed by atoms with E-state index < -0.39 is 29.3 Å². The van der Waals surface area contributed by atoms with E-state index in [-0.39, 0.29) is 12.1 Å². The van der Waals surface area contributed by atoms with Crippen molar-refractivity contribution in [3.05, 3.63) is 62.5 Å². The van der Waals surface area contributed by atoms with Crippen molar-refractivity contribution in [2.75, 3.05) is 0 Å². The van der Waals surface area contributed by atoms with Crippen molar-refractivity contribution >= 4 is 39.6 Å². The van der Waals surface area contributed by atoms with E-state index in [1.807, 2.05) is 0 Å². The summed E-state index contributed by atoms with van der Waals surface area (Å²) in [5.74, 6) is -2.88. The standard InChI is InChI=1S/C21H21F2IN2O3/c1-11-15(18(20(27)28)29-21(2,3)4)17(24)13-8-9-26(19(13)25-11)10-12-6-5-7-14(22)16(12)23/h5-9,18H,10H2,1-4H3,(H,27,28). The Hall–Kier alpha value is -2.07. The van der Waals surface area contributed by atoms with Crippen LogP contribution in [0.1, 0.15) is 43.7 Å². The van der Waals surface area contributed by atoms with E-state index in [4.69, 9.17) is 4.74 Å². The smallest absolute Gasteiger partial charge is 0.337 e. The van der Waals surface area contributed by atoms with Crippen LogP contribution in [0.4, 0.5) is 8.78 Å². The van der Waals surface area contributed by atoms with Crippen molar-refractivity contribution in [1.82, 2.24) is 9.55 Å². The number of carboxylic acid groups (broad SMARTS) is 1. The van der Waals surface area contributed by atoms with Gasteiger partial charge in [-0.05, 0) is 62.4 Å². The number of ether oxygens (including phenoxy) is 1. The molecule has 0 bridgehead atoms. The number of fused-ring (bicyclic) bond motifs is 1. The minimum atomic E-state index is -1.16. The van der Waals surface area contributed by atoms with Gasteiger partial charge in [-0.2, -0.15) is 0 Å². The summed E-state index contributed by atoms with van der Waals surface area (Å²) in [6, 6.07) is 5.85. The van der Waals surface area contributed by atoms with Crippen LogP contribution in [-0.2, 0) is 16.1 Å². The highest BCUT2D eigenvalue weighted by Crippen LogP contribution is 2.34. The third-order valence-corrected chi connectivity index (χ3v) is 5.56. The molecule has 154 valence electrons. The van der Waals surface area contributed by atoms with Gasteiger partial charge in [0.1, 0.15) is 5.65 Å². The minimum Gasteiger partial charge on any atom is -0.479 e. The molecule has 3 aromatic rings. The molecule has 3 rings (SSSR count). The molecule has 0 aliphatic carbocycles. The Morgan fingerprint density at radius 1 is 1.31 bits per heavy atom. The topological polar surface area (TPSA) is 64.4 Å². The number of aryl methyl sites for hydroxylation is 1. The number of pyridine rings is 1. The molecule has 0 aliphatic heterocycles. The number of hydrogen-bond donors (Lipinski definition) is 1. The van der Waals surface area contributed by atoms with Gasteiger partial charge in [-0.15, -0.1) is 0 Å². The van der Waals surface area contributed by atoms with Crippen LogP contribution in [0.15, 0.2) is 30.5 Å². The summed E-state index contributed by atoms with van der Waals surface area (Å²) in [5.41, 5.74) is 1.13. The number of carboxylic acids is 1. The lowest BCUT2D eigenvalue weighted by Crippen LogP contribution is -2.28. The van der Waals surface area contributed by atoms with Crippen LogP contribution in [0.25, 0.3) is 11.0 Å². The van der Waals surface area contributed by atoms with Crippen LogP contribution >= 0.6 is 22.6 Å². The largest absolute Gasteiger partial charge is 0.479 e. The molecule has 0 aliphatic rings. The summed E-state index contributed by atoms with van der Waals surface area (Å²) in [7, 11) is 0. The lowest BCUT2D eigenvalue weighted by molar-refractivity contribution is -0.160. The lowest BCUT2D eigenvalue weighted by atomic mass is 10.0. The van der Waals surface area contributed by atoms with Crippen LogP contribution in [0.5, 0.6) is 0 Å². The Bertz CT molecular complexity index is 1090. The highest BCUT2D eigenvalue weighted by molar-refractivity contribution is 14.1. The molecule has 0 fully saturated rings. The predicted octanol–water partition coefficient (Wildman–Crippen LogP) is 5.22. The van der Waals surface area contributed by atoms with Gasteiger partial charge < -0.3 is 14.4 Å². The zero-order valence-corrected chi connectivity index (χ0v) is 18.6. The van der Waals surface area contributed by atoms with E-state index >= 15 is 0 Å². The SMILES string of the molecule is Cc1nc2c(ccn2Cc2cccc(F)c2F)c(I)c1C(OC(C)(C)C)C(=O)O. The summed E-state index contributed by atoms with van der Waals surface area (Å²) in [6.07, 6.45) is 0.566. The molecule has 0 amide bonds. The summed E-state index contributed by atoms with van der Waals surface area (Å²) >= 11 is 2.09. The van der Waals surface area contributed by atoms with Crippen LogP contribution in [-0.4, -0.2) is 26.2 Å². The second-order valence-electron chi connectivity index (χ2n) is 7.77. The molecule has 0 saturated carbocycles. The van der Waals surface area contributed by atoms with E-state index in [1.165, 1.54) is 12.1 Å². The Labute approximate surface area is 180 Å². The molecule has 29 heavy (non-hydrogen) atoms. The fourth-order valence-corrected chi connectivity index (χ4v) is 4.25. The van der Waals surface area contributed by atoms with Gasteiger partial charge in [-0.3, -0.25) is 0 Å². The molecule has 1 atom stereocenters. The zero-order valence-electron chi connectivity index (χ0n) is 16.5. The Morgan fingerprint density at radius 2 is 2.00 bits per heavy atom. The summed E-state index contributed by atoms with van der Waals surface area (Å²) in [6.45, 7) is 7.21. The lowest BCUT2D eigenvalue weighted by Gasteiger charge is -2.26. The maximum Gasteiger partial charge on any atom is 0.337 e. The molecule has 1 unspecified atom stereocenters. The third kappa shape index (κ3) is 4.42. The van der Waals surface area contributed by atoms with Crippen LogP contribution in [0.2, 0.25) is 0 Å². The van der Waals surface area contributed by atoms with Crippen molar-refractivity contribution < 1.29 is 23.4 Å². The normalized spacial score (nSPS) is 13.1. The fraction of sp³-hybridized carbons (Fsp3) is 0.333. The molecule has 0 radical (unpaired) electrons. The van der Waals surface area contributed by atoms with Gasteiger partial charge in [0.25, 0.3) is 0 Å². The number of rotatable bonds is 5. The maximum absolute atomic E-state index is 14.1. The fourth-order valence-electron chi connectivity index (χ4n) is 3.16. The van der Waals surface area contributed by atoms with Crippen molar-refractivity contribution in [2.24, 2.45) is 0 Å². The number of hydrogen-bond acceptors (Lipinski definition) is 3. The van der Waals surface area contributed by atoms with E-state index in [9.17, 15) is 18.7 Å². The second-order valence-corrected chi connectivity index (χ2v) is 8.85. The van der Waals surface area contributed by atoms with Crippen LogP contribution in [0.3, 0.4) is 0 Å². The van der Waals surface area contributed by atoms with Gasteiger partial charge >= 0.3 is 5.97 Å². The van der Waals surface area contributed by atoms with Gasteiger partial charge in [0.05, 0.1) is 12.1 Å². The molecule has 2 heterocycles. The summed E-state index contributed by atoms with van der Waals surface area (Å²) in [4.78, 5) is 16.5. The van der Waals surface area contributed by atoms with Gasteiger partial charge in [-0.1, -0.05) is 12.1 Å². The highest BCUT2D eigenvalue weighted by atomic mass is 127. The van der Waals surface area contributed by atoms with Gasteiger partial charge in [0.15, 0.2) is 17.7 Å².